The Bertz CT molecular complexity index is 1080. The van der Waals surface area contributed by atoms with Gasteiger partial charge < -0.3 is 10.2 Å². The number of benzene rings is 2. The number of aromatic nitrogens is 2. The number of aryl methyl sites for hydroxylation is 1. The minimum atomic E-state index is -0.401. The summed E-state index contributed by atoms with van der Waals surface area (Å²) in [5.41, 5.74) is 2.89. The Balaban J connectivity index is 1.52. The van der Waals surface area contributed by atoms with Crippen molar-refractivity contribution in [3.05, 3.63) is 47.7 Å². The van der Waals surface area contributed by atoms with Gasteiger partial charge in [0, 0.05) is 51.2 Å². The van der Waals surface area contributed by atoms with E-state index in [9.17, 15) is 8.78 Å². The number of rotatable bonds is 1. The van der Waals surface area contributed by atoms with Crippen molar-refractivity contribution >= 4 is 22.4 Å². The lowest BCUT2D eigenvalue weighted by atomic mass is 9.99. The Kier molecular flexibility index (Phi) is 3.72. The van der Waals surface area contributed by atoms with Crippen molar-refractivity contribution in [2.75, 3.05) is 26.2 Å². The second kappa shape index (κ2) is 6.13. The summed E-state index contributed by atoms with van der Waals surface area (Å²) in [6, 6.07) is 6.64. The van der Waals surface area contributed by atoms with Crippen molar-refractivity contribution in [2.24, 2.45) is 12.0 Å². The number of hydrogen-bond donors (Lipinski definition) is 1. The van der Waals surface area contributed by atoms with Crippen LogP contribution in [0.3, 0.4) is 0 Å². The zero-order valence-corrected chi connectivity index (χ0v) is 15.0. The van der Waals surface area contributed by atoms with E-state index >= 15 is 0 Å². The van der Waals surface area contributed by atoms with Crippen LogP contribution in [0.5, 0.6) is 0 Å². The van der Waals surface area contributed by atoms with Crippen LogP contribution in [-0.2, 0) is 13.5 Å². The standard InChI is InChI=1S/C20H19F2N5/c1-26-11-15-7-13(9-17(22)20(15)25-26)12-6-14-10-18(24-19(14)16(21)8-12)27-4-2-23-3-5-27/h6-9,11,23H,2-5,10H2,1H3. The van der Waals surface area contributed by atoms with Gasteiger partial charge in [-0.15, -0.1) is 0 Å². The maximum Gasteiger partial charge on any atom is 0.151 e. The molecular formula is C20H19F2N5. The maximum atomic E-state index is 14.7. The third-order valence-corrected chi connectivity index (χ3v) is 5.22. The molecule has 0 radical (unpaired) electrons. The number of amidine groups is 1. The molecule has 0 saturated carbocycles. The van der Waals surface area contributed by atoms with Crippen molar-refractivity contribution in [2.45, 2.75) is 6.42 Å². The zero-order chi connectivity index (χ0) is 18.5. The smallest absolute Gasteiger partial charge is 0.151 e. The number of halogens is 2. The van der Waals surface area contributed by atoms with Crippen molar-refractivity contribution in [3.8, 4) is 11.1 Å². The molecule has 138 valence electrons. The van der Waals surface area contributed by atoms with Crippen molar-refractivity contribution in [1.29, 1.82) is 0 Å². The predicted molar refractivity (Wildman–Crippen MR) is 101 cm³/mol. The van der Waals surface area contributed by atoms with E-state index in [1.807, 2.05) is 12.1 Å². The lowest BCUT2D eigenvalue weighted by Gasteiger charge is -2.29. The van der Waals surface area contributed by atoms with Gasteiger partial charge in [-0.25, -0.2) is 13.8 Å². The van der Waals surface area contributed by atoms with Crippen LogP contribution >= 0.6 is 0 Å². The summed E-state index contributed by atoms with van der Waals surface area (Å²) in [5.74, 6) is 0.150. The highest BCUT2D eigenvalue weighted by atomic mass is 19.1. The zero-order valence-electron chi connectivity index (χ0n) is 15.0. The van der Waals surface area contributed by atoms with Crippen LogP contribution in [0.15, 0.2) is 35.5 Å². The first-order valence-electron chi connectivity index (χ1n) is 9.07. The quantitative estimate of drug-likeness (QED) is 0.719. The molecule has 3 aromatic rings. The summed E-state index contributed by atoms with van der Waals surface area (Å²) in [4.78, 5) is 6.74. The van der Waals surface area contributed by atoms with Gasteiger partial charge in [-0.3, -0.25) is 4.68 Å². The summed E-state index contributed by atoms with van der Waals surface area (Å²) in [6.45, 7) is 3.58. The van der Waals surface area contributed by atoms with Gasteiger partial charge in [0.25, 0.3) is 0 Å². The van der Waals surface area contributed by atoms with Gasteiger partial charge in [0.1, 0.15) is 22.9 Å². The van der Waals surface area contributed by atoms with E-state index in [0.717, 1.165) is 37.6 Å². The Hall–Kier alpha value is -2.80. The highest BCUT2D eigenvalue weighted by Gasteiger charge is 2.24. The number of piperazine rings is 1. The second-order valence-corrected chi connectivity index (χ2v) is 7.11. The molecule has 0 atom stereocenters. The molecule has 1 aromatic heterocycles. The van der Waals surface area contributed by atoms with Gasteiger partial charge in [0.2, 0.25) is 0 Å². The van der Waals surface area contributed by atoms with Crippen LogP contribution in [0.25, 0.3) is 22.0 Å². The Morgan fingerprint density at radius 2 is 1.74 bits per heavy atom. The normalized spacial score (nSPS) is 16.7. The molecule has 0 aliphatic carbocycles. The van der Waals surface area contributed by atoms with Crippen molar-refractivity contribution in [3.63, 3.8) is 0 Å². The summed E-state index contributed by atoms with van der Waals surface area (Å²) in [7, 11) is 1.75. The molecule has 0 bridgehead atoms. The van der Waals surface area contributed by atoms with E-state index in [1.54, 1.807) is 17.9 Å². The second-order valence-electron chi connectivity index (χ2n) is 7.11. The number of aliphatic imine (C=N–C) groups is 1. The third-order valence-electron chi connectivity index (χ3n) is 5.22. The van der Waals surface area contributed by atoms with Crippen molar-refractivity contribution < 1.29 is 8.78 Å². The van der Waals surface area contributed by atoms with E-state index < -0.39 is 5.82 Å². The molecule has 7 heteroatoms. The van der Waals surface area contributed by atoms with Gasteiger partial charge in [-0.05, 0) is 41.0 Å². The first kappa shape index (κ1) is 16.4. The SMILES string of the molecule is Cn1cc2cc(-c3cc(F)c4c(c3)CC(N3CCNCC3)=N4)cc(F)c2n1. The van der Waals surface area contributed by atoms with Gasteiger partial charge >= 0.3 is 0 Å². The van der Waals surface area contributed by atoms with Crippen LogP contribution in [0.2, 0.25) is 0 Å². The fourth-order valence-electron chi connectivity index (χ4n) is 3.91. The van der Waals surface area contributed by atoms with Crippen LogP contribution < -0.4 is 5.32 Å². The van der Waals surface area contributed by atoms with Crippen molar-refractivity contribution in [1.82, 2.24) is 20.0 Å². The molecule has 0 amide bonds. The first-order chi connectivity index (χ1) is 13.1. The molecule has 1 saturated heterocycles. The minimum Gasteiger partial charge on any atom is -0.357 e. The summed E-state index contributed by atoms with van der Waals surface area (Å²) < 4.78 is 30.7. The van der Waals surface area contributed by atoms with Gasteiger partial charge in [-0.2, -0.15) is 5.10 Å². The van der Waals surface area contributed by atoms with Crippen LogP contribution in [-0.4, -0.2) is 46.7 Å². The lowest BCUT2D eigenvalue weighted by Crippen LogP contribution is -2.46. The monoisotopic (exact) mass is 367 g/mol. The fourth-order valence-corrected chi connectivity index (χ4v) is 3.91. The summed E-state index contributed by atoms with van der Waals surface area (Å²) in [6.07, 6.45) is 2.37. The molecule has 3 heterocycles. The van der Waals surface area contributed by atoms with Crippen LogP contribution in [0.4, 0.5) is 14.5 Å². The molecule has 2 aliphatic heterocycles. The molecule has 2 aliphatic rings. The number of hydrogen-bond acceptors (Lipinski definition) is 4. The molecule has 2 aromatic carbocycles. The molecule has 0 unspecified atom stereocenters. The van der Waals surface area contributed by atoms with E-state index in [1.165, 1.54) is 12.1 Å². The third kappa shape index (κ3) is 2.78. The van der Waals surface area contributed by atoms with E-state index in [-0.39, 0.29) is 5.82 Å². The Morgan fingerprint density at radius 3 is 2.56 bits per heavy atom. The molecule has 27 heavy (non-hydrogen) atoms. The Labute approximate surface area is 155 Å². The highest BCUT2D eigenvalue weighted by molar-refractivity contribution is 5.93. The topological polar surface area (TPSA) is 45.5 Å². The molecule has 5 rings (SSSR count). The van der Waals surface area contributed by atoms with Crippen LogP contribution in [0.1, 0.15) is 5.56 Å². The fraction of sp³-hybridized carbons (Fsp3) is 0.300. The summed E-state index contributed by atoms with van der Waals surface area (Å²) in [5, 5.41) is 8.13. The molecule has 5 nitrogen and oxygen atoms in total. The largest absolute Gasteiger partial charge is 0.357 e. The average Bonchev–Trinajstić information content (AvgIpc) is 3.26. The van der Waals surface area contributed by atoms with E-state index in [4.69, 9.17) is 0 Å². The lowest BCUT2D eigenvalue weighted by molar-refractivity contribution is 0.354. The molecule has 1 N–H and O–H groups in total. The number of fused-ring (bicyclic) bond motifs is 2. The van der Waals surface area contributed by atoms with Crippen LogP contribution in [0, 0.1) is 11.6 Å². The first-order valence-corrected chi connectivity index (χ1v) is 9.07. The summed E-state index contributed by atoms with van der Waals surface area (Å²) >= 11 is 0. The minimum absolute atomic E-state index is 0.326. The van der Waals surface area contributed by atoms with E-state index in [2.05, 4.69) is 20.3 Å². The molecular weight excluding hydrogens is 348 g/mol. The molecule has 0 spiro atoms. The van der Waals surface area contributed by atoms with Gasteiger partial charge in [-0.1, -0.05) is 0 Å². The average molecular weight is 367 g/mol. The number of nitrogens with zero attached hydrogens (tertiary/aromatic N) is 4. The van der Waals surface area contributed by atoms with E-state index in [0.29, 0.717) is 34.1 Å². The highest BCUT2D eigenvalue weighted by Crippen LogP contribution is 2.36. The number of nitrogens with one attached hydrogen (secondary N) is 1. The Morgan fingerprint density at radius 1 is 1.00 bits per heavy atom. The van der Waals surface area contributed by atoms with Gasteiger partial charge in [0.15, 0.2) is 5.82 Å². The van der Waals surface area contributed by atoms with Gasteiger partial charge in [0.05, 0.1) is 0 Å². The predicted octanol–water partition coefficient (Wildman–Crippen LogP) is 3.01. The maximum absolute atomic E-state index is 14.7. The molecule has 1 fully saturated rings.